The number of methoxy groups -OCH3 is 1. The Morgan fingerprint density at radius 1 is 1.53 bits per heavy atom. The predicted molar refractivity (Wildman–Crippen MR) is 56.2 cm³/mol. The minimum Gasteiger partial charge on any atom is -0.494 e. The average molecular weight is 207 g/mol. The summed E-state index contributed by atoms with van der Waals surface area (Å²) in [5.74, 6) is -0.000692. The van der Waals surface area contributed by atoms with Crippen LogP contribution in [-0.4, -0.2) is 24.7 Å². The number of carbonyl (C=O) groups excluding carboxylic acids is 1. The highest BCUT2D eigenvalue weighted by Crippen LogP contribution is 2.18. The molecule has 1 rings (SSSR count). The van der Waals surface area contributed by atoms with Crippen LogP contribution in [0.15, 0.2) is 25.0 Å². The maximum absolute atomic E-state index is 11.4. The number of hydrogen-bond acceptors (Lipinski definition) is 4. The van der Waals surface area contributed by atoms with Gasteiger partial charge in [0.25, 0.3) is 0 Å². The number of rotatable bonds is 4. The second-order valence-electron chi connectivity index (χ2n) is 2.77. The first kappa shape index (κ1) is 11.2. The molecule has 4 heteroatoms. The van der Waals surface area contributed by atoms with Gasteiger partial charge in [-0.3, -0.25) is 4.98 Å². The molecule has 0 aliphatic rings. The maximum Gasteiger partial charge on any atom is 0.340 e. The van der Waals surface area contributed by atoms with Crippen molar-refractivity contribution in [2.75, 3.05) is 13.7 Å². The Morgan fingerprint density at radius 3 is 2.87 bits per heavy atom. The van der Waals surface area contributed by atoms with Crippen molar-refractivity contribution < 1.29 is 14.3 Å². The molecule has 0 spiro atoms. The van der Waals surface area contributed by atoms with Crippen molar-refractivity contribution in [2.24, 2.45) is 0 Å². The van der Waals surface area contributed by atoms with Crippen molar-refractivity contribution in [1.82, 2.24) is 4.98 Å². The molecular formula is C11H13NO3. The molecule has 0 aromatic carbocycles. The highest BCUT2D eigenvalue weighted by molar-refractivity contribution is 5.94. The third-order valence-corrected chi connectivity index (χ3v) is 1.85. The molecule has 0 aliphatic carbocycles. The summed E-state index contributed by atoms with van der Waals surface area (Å²) < 4.78 is 9.86. The fourth-order valence-corrected chi connectivity index (χ4v) is 1.16. The average Bonchev–Trinajstić information content (AvgIpc) is 2.28. The Morgan fingerprint density at radius 2 is 2.27 bits per heavy atom. The Hall–Kier alpha value is -1.84. The largest absolute Gasteiger partial charge is 0.494 e. The van der Waals surface area contributed by atoms with E-state index in [2.05, 4.69) is 16.3 Å². The van der Waals surface area contributed by atoms with E-state index in [1.165, 1.54) is 13.3 Å². The summed E-state index contributed by atoms with van der Waals surface area (Å²) in [6, 6.07) is 1.67. The zero-order chi connectivity index (χ0) is 11.3. The fourth-order valence-electron chi connectivity index (χ4n) is 1.16. The van der Waals surface area contributed by atoms with Crippen LogP contribution in [0.3, 0.4) is 0 Å². The van der Waals surface area contributed by atoms with E-state index in [1.807, 2.05) is 6.92 Å². The van der Waals surface area contributed by atoms with Crippen LogP contribution in [0, 0.1) is 0 Å². The van der Waals surface area contributed by atoms with Crippen molar-refractivity contribution in [3.05, 3.63) is 36.2 Å². The van der Waals surface area contributed by atoms with Crippen molar-refractivity contribution in [3.8, 4) is 0 Å². The quantitative estimate of drug-likeness (QED) is 0.558. The summed E-state index contributed by atoms with van der Waals surface area (Å²) >= 11 is 0. The molecule has 1 aromatic heterocycles. The highest BCUT2D eigenvalue weighted by atomic mass is 16.5. The van der Waals surface area contributed by atoms with Crippen LogP contribution in [0.4, 0.5) is 0 Å². The highest BCUT2D eigenvalue weighted by Gasteiger charge is 2.14. The SMILES string of the molecule is C=C(OCC)c1ccncc1C(=O)OC. The molecule has 15 heavy (non-hydrogen) atoms. The van der Waals surface area contributed by atoms with Gasteiger partial charge in [0.15, 0.2) is 0 Å². The van der Waals surface area contributed by atoms with Gasteiger partial charge < -0.3 is 9.47 Å². The first-order chi connectivity index (χ1) is 7.20. The van der Waals surface area contributed by atoms with E-state index in [1.54, 1.807) is 12.3 Å². The summed E-state index contributed by atoms with van der Waals surface area (Å²) in [6.07, 6.45) is 3.01. The lowest BCUT2D eigenvalue weighted by Crippen LogP contribution is -2.06. The molecule has 0 atom stereocenters. The van der Waals surface area contributed by atoms with Crippen LogP contribution >= 0.6 is 0 Å². The summed E-state index contributed by atoms with van der Waals surface area (Å²) in [5, 5.41) is 0. The van der Waals surface area contributed by atoms with Gasteiger partial charge in [0.2, 0.25) is 0 Å². The maximum atomic E-state index is 11.4. The Kier molecular flexibility index (Phi) is 3.85. The van der Waals surface area contributed by atoms with Crippen LogP contribution in [0.2, 0.25) is 0 Å². The fraction of sp³-hybridized carbons (Fsp3) is 0.273. The van der Waals surface area contributed by atoms with Gasteiger partial charge in [-0.15, -0.1) is 0 Å². The van der Waals surface area contributed by atoms with Gasteiger partial charge in [0, 0.05) is 18.0 Å². The van der Waals surface area contributed by atoms with Gasteiger partial charge in [0.1, 0.15) is 5.76 Å². The minimum atomic E-state index is -0.445. The Labute approximate surface area is 88.5 Å². The number of nitrogens with zero attached hydrogens (tertiary/aromatic N) is 1. The van der Waals surface area contributed by atoms with Crippen LogP contribution in [0.1, 0.15) is 22.8 Å². The lowest BCUT2D eigenvalue weighted by Gasteiger charge is -2.09. The molecule has 0 saturated carbocycles. The number of carbonyl (C=O) groups is 1. The second kappa shape index (κ2) is 5.14. The lowest BCUT2D eigenvalue weighted by molar-refractivity contribution is 0.0599. The van der Waals surface area contributed by atoms with Gasteiger partial charge in [0.05, 0.1) is 19.3 Å². The molecule has 0 amide bonds. The smallest absolute Gasteiger partial charge is 0.340 e. The van der Waals surface area contributed by atoms with E-state index in [9.17, 15) is 4.79 Å². The van der Waals surface area contributed by atoms with E-state index in [4.69, 9.17) is 4.74 Å². The first-order valence-corrected chi connectivity index (χ1v) is 4.55. The zero-order valence-electron chi connectivity index (χ0n) is 8.82. The molecule has 0 unspecified atom stereocenters. The second-order valence-corrected chi connectivity index (χ2v) is 2.77. The standard InChI is InChI=1S/C11H13NO3/c1-4-15-8(2)9-5-6-12-7-10(9)11(13)14-3/h5-7H,2,4H2,1,3H3. The topological polar surface area (TPSA) is 48.4 Å². The monoisotopic (exact) mass is 207 g/mol. The van der Waals surface area contributed by atoms with E-state index >= 15 is 0 Å². The first-order valence-electron chi connectivity index (χ1n) is 4.55. The molecule has 1 aromatic rings. The Bertz CT molecular complexity index is 374. The molecule has 0 bridgehead atoms. The molecule has 0 N–H and O–H groups in total. The number of esters is 1. The molecule has 1 heterocycles. The van der Waals surface area contributed by atoms with Crippen molar-refractivity contribution >= 4 is 11.7 Å². The molecule has 0 aliphatic heterocycles. The normalized spacial score (nSPS) is 9.47. The molecule has 0 radical (unpaired) electrons. The third-order valence-electron chi connectivity index (χ3n) is 1.85. The summed E-state index contributed by atoms with van der Waals surface area (Å²) in [6.45, 7) is 6.09. The molecule has 4 nitrogen and oxygen atoms in total. The van der Waals surface area contributed by atoms with E-state index < -0.39 is 5.97 Å². The van der Waals surface area contributed by atoms with E-state index in [0.29, 0.717) is 23.5 Å². The van der Waals surface area contributed by atoms with Crippen molar-refractivity contribution in [1.29, 1.82) is 0 Å². The summed E-state index contributed by atoms with van der Waals surface area (Å²) in [5.41, 5.74) is 0.970. The Balaban J connectivity index is 3.06. The predicted octanol–water partition coefficient (Wildman–Crippen LogP) is 1.88. The molecular weight excluding hydrogens is 194 g/mol. The van der Waals surface area contributed by atoms with Crippen LogP contribution in [0.25, 0.3) is 5.76 Å². The van der Waals surface area contributed by atoms with Gasteiger partial charge in [-0.2, -0.15) is 0 Å². The van der Waals surface area contributed by atoms with E-state index in [0.717, 1.165) is 0 Å². The van der Waals surface area contributed by atoms with Crippen LogP contribution < -0.4 is 0 Å². The van der Waals surface area contributed by atoms with E-state index in [-0.39, 0.29) is 0 Å². The number of pyridine rings is 1. The van der Waals surface area contributed by atoms with Crippen molar-refractivity contribution in [2.45, 2.75) is 6.92 Å². The number of hydrogen-bond donors (Lipinski definition) is 0. The van der Waals surface area contributed by atoms with Crippen LogP contribution in [-0.2, 0) is 9.47 Å². The summed E-state index contributed by atoms with van der Waals surface area (Å²) in [4.78, 5) is 15.2. The molecule has 80 valence electrons. The molecule has 0 saturated heterocycles. The lowest BCUT2D eigenvalue weighted by atomic mass is 10.1. The van der Waals surface area contributed by atoms with Gasteiger partial charge in [-0.1, -0.05) is 6.58 Å². The van der Waals surface area contributed by atoms with Gasteiger partial charge >= 0.3 is 5.97 Å². The summed E-state index contributed by atoms with van der Waals surface area (Å²) in [7, 11) is 1.32. The zero-order valence-corrected chi connectivity index (χ0v) is 8.82. The number of aromatic nitrogens is 1. The van der Waals surface area contributed by atoms with Gasteiger partial charge in [-0.05, 0) is 13.0 Å². The number of ether oxygens (including phenoxy) is 2. The van der Waals surface area contributed by atoms with Crippen LogP contribution in [0.5, 0.6) is 0 Å². The third kappa shape index (κ3) is 2.56. The minimum absolute atomic E-state index is 0.360. The van der Waals surface area contributed by atoms with Crippen molar-refractivity contribution in [3.63, 3.8) is 0 Å². The van der Waals surface area contributed by atoms with Gasteiger partial charge in [-0.25, -0.2) is 4.79 Å². The molecule has 0 fully saturated rings.